The van der Waals surface area contributed by atoms with E-state index >= 15 is 0 Å². The van der Waals surface area contributed by atoms with Gasteiger partial charge in [-0.1, -0.05) is 6.42 Å². The highest BCUT2D eigenvalue weighted by Gasteiger charge is 2.57. The number of ether oxygens (including phenoxy) is 3. The fourth-order valence-corrected chi connectivity index (χ4v) is 7.27. The van der Waals surface area contributed by atoms with Crippen molar-refractivity contribution < 1.29 is 18.6 Å². The molecule has 1 saturated heterocycles. The standard InChI is InChI=1S/C10H21O4Si2/c1-11-9(15)10(12-2,13-3)16(4)8-6-5-7-14-16/h9H,5-8H2,1-4H3. The Morgan fingerprint density at radius 1 is 1.25 bits per heavy atom. The van der Waals surface area contributed by atoms with Crippen LogP contribution in [-0.4, -0.2) is 57.6 Å². The lowest BCUT2D eigenvalue weighted by Crippen LogP contribution is -2.68. The lowest BCUT2D eigenvalue weighted by atomic mass is 10.4. The first kappa shape index (κ1) is 14.3. The zero-order valence-corrected chi connectivity index (χ0v) is 12.5. The average molecular weight is 261 g/mol. The number of methoxy groups -OCH3 is 3. The van der Waals surface area contributed by atoms with Crippen LogP contribution in [0.4, 0.5) is 0 Å². The normalized spacial score (nSPS) is 29.1. The summed E-state index contributed by atoms with van der Waals surface area (Å²) < 4.78 is 22.6. The predicted octanol–water partition coefficient (Wildman–Crippen LogP) is 1.04. The van der Waals surface area contributed by atoms with E-state index in [9.17, 15) is 0 Å². The van der Waals surface area contributed by atoms with Crippen molar-refractivity contribution >= 4 is 18.6 Å². The molecule has 0 N–H and O–H groups in total. The lowest BCUT2D eigenvalue weighted by Gasteiger charge is -2.48. The maximum absolute atomic E-state index is 6.01. The summed E-state index contributed by atoms with van der Waals surface area (Å²) in [4.78, 5) is 0. The van der Waals surface area contributed by atoms with Gasteiger partial charge in [-0.05, 0) is 19.0 Å². The highest BCUT2D eigenvalue weighted by molar-refractivity contribution is 6.75. The van der Waals surface area contributed by atoms with Crippen molar-refractivity contribution in [3.8, 4) is 0 Å². The zero-order chi connectivity index (χ0) is 12.2. The van der Waals surface area contributed by atoms with Crippen LogP contribution in [0.25, 0.3) is 0 Å². The Hall–Kier alpha value is 0.274. The second-order valence-electron chi connectivity index (χ2n) is 4.23. The Morgan fingerprint density at radius 2 is 1.88 bits per heavy atom. The van der Waals surface area contributed by atoms with E-state index in [0.717, 1.165) is 19.1 Å². The fraction of sp³-hybridized carbons (Fsp3) is 1.00. The first-order chi connectivity index (χ1) is 7.56. The first-order valence-electron chi connectivity index (χ1n) is 5.54. The van der Waals surface area contributed by atoms with Gasteiger partial charge in [-0.3, -0.25) is 0 Å². The van der Waals surface area contributed by atoms with Gasteiger partial charge in [0.1, 0.15) is 0 Å². The molecule has 0 aromatic rings. The summed E-state index contributed by atoms with van der Waals surface area (Å²) in [5.74, 6) is 0. The molecule has 0 aromatic heterocycles. The molecule has 0 aliphatic carbocycles. The van der Waals surface area contributed by atoms with Crippen molar-refractivity contribution in [3.05, 3.63) is 0 Å². The second-order valence-corrected chi connectivity index (χ2v) is 8.70. The third kappa shape index (κ3) is 2.27. The van der Waals surface area contributed by atoms with Gasteiger partial charge < -0.3 is 18.6 Å². The maximum Gasteiger partial charge on any atom is 0.257 e. The minimum Gasteiger partial charge on any atom is -0.411 e. The van der Waals surface area contributed by atoms with Gasteiger partial charge in [-0.2, -0.15) is 0 Å². The molecule has 0 amide bonds. The third-order valence-corrected chi connectivity index (χ3v) is 8.59. The van der Waals surface area contributed by atoms with Crippen LogP contribution in [-0.2, 0) is 18.6 Å². The molecule has 0 bridgehead atoms. The van der Waals surface area contributed by atoms with E-state index < -0.39 is 13.7 Å². The number of hydrogen-bond donors (Lipinski definition) is 0. The summed E-state index contributed by atoms with van der Waals surface area (Å²) >= 11 is 0. The minimum atomic E-state index is -2.12. The van der Waals surface area contributed by atoms with E-state index in [4.69, 9.17) is 18.6 Å². The van der Waals surface area contributed by atoms with Gasteiger partial charge in [0.25, 0.3) is 8.32 Å². The summed E-state index contributed by atoms with van der Waals surface area (Å²) in [5.41, 5.74) is -1.11. The molecule has 6 heteroatoms. The molecule has 4 nitrogen and oxygen atoms in total. The maximum atomic E-state index is 6.01. The van der Waals surface area contributed by atoms with Crippen molar-refractivity contribution in [3.63, 3.8) is 0 Å². The van der Waals surface area contributed by atoms with Crippen LogP contribution in [0.15, 0.2) is 0 Å². The van der Waals surface area contributed by atoms with E-state index in [-0.39, 0.29) is 5.73 Å². The van der Waals surface area contributed by atoms with Crippen LogP contribution in [0.5, 0.6) is 0 Å². The van der Waals surface area contributed by atoms with Crippen LogP contribution in [0.1, 0.15) is 12.8 Å². The van der Waals surface area contributed by atoms with E-state index in [1.165, 1.54) is 6.42 Å². The molecule has 93 valence electrons. The van der Waals surface area contributed by atoms with Gasteiger partial charge in [0.2, 0.25) is 5.41 Å². The van der Waals surface area contributed by atoms with Crippen molar-refractivity contribution in [2.75, 3.05) is 27.9 Å². The molecule has 1 aliphatic heterocycles. The zero-order valence-electron chi connectivity index (χ0n) is 10.5. The Kier molecular flexibility index (Phi) is 5.15. The van der Waals surface area contributed by atoms with E-state index in [1.807, 2.05) is 0 Å². The Balaban J connectivity index is 2.98. The molecule has 1 aliphatic rings. The third-order valence-electron chi connectivity index (χ3n) is 3.39. The molecule has 0 aromatic carbocycles. The second kappa shape index (κ2) is 5.74. The highest BCUT2D eigenvalue weighted by atomic mass is 28.4. The largest absolute Gasteiger partial charge is 0.411 e. The van der Waals surface area contributed by atoms with Crippen molar-refractivity contribution in [2.45, 2.75) is 36.6 Å². The molecule has 2 unspecified atom stereocenters. The molecular formula is C10H21O4Si2. The smallest absolute Gasteiger partial charge is 0.257 e. The van der Waals surface area contributed by atoms with Crippen LogP contribution in [0.3, 0.4) is 0 Å². The predicted molar refractivity (Wildman–Crippen MR) is 64.9 cm³/mol. The van der Waals surface area contributed by atoms with E-state index in [0.29, 0.717) is 0 Å². The van der Waals surface area contributed by atoms with Gasteiger partial charge in [0.15, 0.2) is 0 Å². The molecule has 1 fully saturated rings. The van der Waals surface area contributed by atoms with Crippen LogP contribution >= 0.6 is 0 Å². The fourth-order valence-electron chi connectivity index (χ4n) is 2.37. The lowest BCUT2D eigenvalue weighted by molar-refractivity contribution is -0.203. The van der Waals surface area contributed by atoms with E-state index in [2.05, 4.69) is 16.8 Å². The minimum absolute atomic E-state index is 0.322. The number of hydrogen-bond acceptors (Lipinski definition) is 4. The molecule has 0 saturated carbocycles. The molecular weight excluding hydrogens is 240 g/mol. The first-order valence-corrected chi connectivity index (χ1v) is 8.74. The summed E-state index contributed by atoms with van der Waals surface area (Å²) in [6.07, 6.45) is 2.28. The van der Waals surface area contributed by atoms with Crippen molar-refractivity contribution in [1.29, 1.82) is 0 Å². The van der Waals surface area contributed by atoms with Gasteiger partial charge in [0.05, 0.1) is 16.0 Å². The van der Waals surface area contributed by atoms with Gasteiger partial charge >= 0.3 is 0 Å². The SMILES string of the molecule is COC([Si])C(OC)(OC)[Si]1(C)CCCCO1. The van der Waals surface area contributed by atoms with Gasteiger partial charge in [-0.25, -0.2) is 0 Å². The molecule has 2 atom stereocenters. The Bertz CT molecular complexity index is 215. The topological polar surface area (TPSA) is 36.9 Å². The number of rotatable bonds is 5. The Labute approximate surface area is 102 Å². The monoisotopic (exact) mass is 261 g/mol. The molecule has 0 spiro atoms. The summed E-state index contributed by atoms with van der Waals surface area (Å²) in [7, 11) is 6.33. The van der Waals surface area contributed by atoms with Crippen LogP contribution < -0.4 is 0 Å². The summed E-state index contributed by atoms with van der Waals surface area (Å²) in [6, 6.07) is 1.03. The quantitative estimate of drug-likeness (QED) is 0.547. The Morgan fingerprint density at radius 3 is 2.25 bits per heavy atom. The van der Waals surface area contributed by atoms with Crippen molar-refractivity contribution in [2.24, 2.45) is 0 Å². The van der Waals surface area contributed by atoms with Crippen molar-refractivity contribution in [1.82, 2.24) is 0 Å². The van der Waals surface area contributed by atoms with E-state index in [1.54, 1.807) is 21.3 Å². The van der Waals surface area contributed by atoms with Crippen LogP contribution in [0.2, 0.25) is 12.6 Å². The van der Waals surface area contributed by atoms with Crippen LogP contribution in [0, 0.1) is 0 Å². The summed E-state index contributed by atoms with van der Waals surface area (Å²) in [6.45, 7) is 2.94. The average Bonchev–Trinajstić information content (AvgIpc) is 2.31. The molecule has 16 heavy (non-hydrogen) atoms. The summed E-state index contributed by atoms with van der Waals surface area (Å²) in [5, 5.41) is 0. The molecule has 3 radical (unpaired) electrons. The highest BCUT2D eigenvalue weighted by Crippen LogP contribution is 2.37. The van der Waals surface area contributed by atoms with Gasteiger partial charge in [-0.15, -0.1) is 0 Å². The molecule has 1 heterocycles. The van der Waals surface area contributed by atoms with Gasteiger partial charge in [0, 0.05) is 27.9 Å². The molecule has 1 rings (SSSR count).